The van der Waals surface area contributed by atoms with Gasteiger partial charge < -0.3 is 10.5 Å². The van der Waals surface area contributed by atoms with Crippen LogP contribution >= 0.6 is 0 Å². The molecule has 5 rings (SSSR count). The van der Waals surface area contributed by atoms with Crippen LogP contribution in [-0.4, -0.2) is 55.9 Å². The molecule has 1 aliphatic rings. The molecule has 7 nitrogen and oxygen atoms in total. The lowest BCUT2D eigenvalue weighted by atomic mass is 10.1. The van der Waals surface area contributed by atoms with Gasteiger partial charge in [0.1, 0.15) is 23.0 Å². The van der Waals surface area contributed by atoms with Crippen molar-refractivity contribution in [3.05, 3.63) is 53.7 Å². The fourth-order valence-corrected chi connectivity index (χ4v) is 4.71. The second-order valence-electron chi connectivity index (χ2n) is 9.40. The smallest absolute Gasteiger partial charge is 0.408 e. The summed E-state index contributed by atoms with van der Waals surface area (Å²) >= 11 is 0. The number of rotatable bonds is 5. The van der Waals surface area contributed by atoms with E-state index in [1.807, 2.05) is 39.0 Å². The highest BCUT2D eigenvalue weighted by atomic mass is 19.4. The van der Waals surface area contributed by atoms with Crippen molar-refractivity contribution in [3.8, 4) is 17.3 Å². The standard InChI is InChI=1S/C25H27F3N6O/c1-14(2)35-20-11-15(3)10-16-4-6-19(30-22(16)20)24-32-31-21-7-5-17(12-34(21)24)23(25(26,27)28)33-9-8-18(29)13-33/h4-7,10-12,14,18,23H,8-9,13,29H2,1-3H3/t18-,23+/m0/s1. The average Bonchev–Trinajstić information content (AvgIpc) is 3.38. The van der Waals surface area contributed by atoms with Crippen LogP contribution in [0.3, 0.4) is 0 Å². The Morgan fingerprint density at radius 3 is 2.60 bits per heavy atom. The molecule has 2 atom stereocenters. The Morgan fingerprint density at radius 1 is 1.11 bits per heavy atom. The summed E-state index contributed by atoms with van der Waals surface area (Å²) in [7, 11) is 0. The van der Waals surface area contributed by atoms with Crippen molar-refractivity contribution < 1.29 is 17.9 Å². The van der Waals surface area contributed by atoms with Gasteiger partial charge in [0, 0.05) is 30.7 Å². The fourth-order valence-electron chi connectivity index (χ4n) is 4.71. The van der Waals surface area contributed by atoms with Gasteiger partial charge in [-0.25, -0.2) is 4.98 Å². The first kappa shape index (κ1) is 23.5. The van der Waals surface area contributed by atoms with E-state index in [9.17, 15) is 13.2 Å². The molecule has 0 aliphatic carbocycles. The number of ether oxygens (including phenoxy) is 1. The molecule has 4 aromatic rings. The molecular weight excluding hydrogens is 457 g/mol. The third-order valence-corrected chi connectivity index (χ3v) is 6.17. The van der Waals surface area contributed by atoms with Crippen molar-refractivity contribution in [2.24, 2.45) is 5.73 Å². The molecular formula is C25H27F3N6O. The maximum absolute atomic E-state index is 14.1. The molecule has 3 aromatic heterocycles. The average molecular weight is 485 g/mol. The maximum atomic E-state index is 14.1. The van der Waals surface area contributed by atoms with Gasteiger partial charge in [0.25, 0.3) is 0 Å². The molecule has 0 unspecified atom stereocenters. The Balaban J connectivity index is 1.61. The summed E-state index contributed by atoms with van der Waals surface area (Å²) in [5.41, 5.74) is 8.65. The number of aromatic nitrogens is 4. The Labute approximate surface area is 200 Å². The number of alkyl halides is 3. The van der Waals surface area contributed by atoms with Gasteiger partial charge in [-0.05, 0) is 62.6 Å². The molecule has 10 heteroatoms. The van der Waals surface area contributed by atoms with Crippen LogP contribution < -0.4 is 10.5 Å². The van der Waals surface area contributed by atoms with E-state index in [0.29, 0.717) is 41.4 Å². The highest BCUT2D eigenvalue weighted by Crippen LogP contribution is 2.39. The molecule has 0 amide bonds. The number of hydrogen-bond donors (Lipinski definition) is 1. The first-order valence-corrected chi connectivity index (χ1v) is 11.6. The number of hydrogen-bond acceptors (Lipinski definition) is 6. The summed E-state index contributed by atoms with van der Waals surface area (Å²) in [5.74, 6) is 1.01. The van der Waals surface area contributed by atoms with Crippen LogP contribution in [0.1, 0.15) is 37.4 Å². The molecule has 1 aliphatic heterocycles. The molecule has 1 fully saturated rings. The summed E-state index contributed by atoms with van der Waals surface area (Å²) in [6, 6.07) is 8.63. The van der Waals surface area contributed by atoms with Crippen molar-refractivity contribution in [1.29, 1.82) is 0 Å². The number of pyridine rings is 2. The molecule has 0 radical (unpaired) electrons. The number of likely N-dealkylation sites (tertiary alicyclic amines) is 1. The summed E-state index contributed by atoms with van der Waals surface area (Å²) in [4.78, 5) is 6.17. The van der Waals surface area contributed by atoms with Gasteiger partial charge in [-0.2, -0.15) is 13.2 Å². The lowest BCUT2D eigenvalue weighted by Crippen LogP contribution is -2.38. The van der Waals surface area contributed by atoms with Crippen molar-refractivity contribution in [1.82, 2.24) is 24.5 Å². The number of nitrogens with zero attached hydrogens (tertiary/aromatic N) is 5. The minimum Gasteiger partial charge on any atom is -0.489 e. The van der Waals surface area contributed by atoms with Gasteiger partial charge in [-0.3, -0.25) is 9.30 Å². The molecule has 0 saturated carbocycles. The zero-order valence-corrected chi connectivity index (χ0v) is 19.8. The van der Waals surface area contributed by atoms with Gasteiger partial charge in [-0.15, -0.1) is 10.2 Å². The number of aryl methyl sites for hydroxylation is 1. The second kappa shape index (κ2) is 8.76. The predicted octanol–water partition coefficient (Wildman–Crippen LogP) is 4.68. The predicted molar refractivity (Wildman–Crippen MR) is 127 cm³/mol. The van der Waals surface area contributed by atoms with E-state index in [-0.39, 0.29) is 24.3 Å². The van der Waals surface area contributed by atoms with Crippen LogP contribution in [0.4, 0.5) is 13.2 Å². The van der Waals surface area contributed by atoms with Crippen LogP contribution in [0.2, 0.25) is 0 Å². The highest BCUT2D eigenvalue weighted by Gasteiger charge is 2.46. The monoisotopic (exact) mass is 484 g/mol. The fraction of sp³-hybridized carbons (Fsp3) is 0.400. The Morgan fingerprint density at radius 2 is 1.91 bits per heavy atom. The number of benzene rings is 1. The third-order valence-electron chi connectivity index (χ3n) is 6.17. The third kappa shape index (κ3) is 4.55. The van der Waals surface area contributed by atoms with Crippen molar-refractivity contribution in [3.63, 3.8) is 0 Å². The van der Waals surface area contributed by atoms with E-state index in [1.54, 1.807) is 16.5 Å². The van der Waals surface area contributed by atoms with E-state index in [2.05, 4.69) is 10.2 Å². The lowest BCUT2D eigenvalue weighted by molar-refractivity contribution is -0.183. The maximum Gasteiger partial charge on any atom is 0.408 e. The SMILES string of the molecule is Cc1cc(OC(C)C)c2nc(-c3nnc4ccc([C@@H](N5CC[C@H](N)C5)C(F)(F)F)cn34)ccc2c1. The Hall–Kier alpha value is -3.24. The van der Waals surface area contributed by atoms with Crippen LogP contribution in [0.15, 0.2) is 42.6 Å². The lowest BCUT2D eigenvalue weighted by Gasteiger charge is -2.30. The topological polar surface area (TPSA) is 81.6 Å². The van der Waals surface area contributed by atoms with Crippen molar-refractivity contribution in [2.45, 2.75) is 51.6 Å². The van der Waals surface area contributed by atoms with Gasteiger partial charge in [0.15, 0.2) is 11.5 Å². The van der Waals surface area contributed by atoms with E-state index in [4.69, 9.17) is 15.5 Å². The van der Waals surface area contributed by atoms with Crippen molar-refractivity contribution in [2.75, 3.05) is 13.1 Å². The molecule has 0 spiro atoms. The van der Waals surface area contributed by atoms with Crippen LogP contribution in [-0.2, 0) is 0 Å². The Kier molecular flexibility index (Phi) is 5.88. The summed E-state index contributed by atoms with van der Waals surface area (Å²) in [6.45, 7) is 6.36. The number of nitrogens with two attached hydrogens (primary N) is 1. The van der Waals surface area contributed by atoms with E-state index >= 15 is 0 Å². The van der Waals surface area contributed by atoms with Gasteiger partial charge >= 0.3 is 6.18 Å². The summed E-state index contributed by atoms with van der Waals surface area (Å²) in [5, 5.41) is 9.31. The van der Waals surface area contributed by atoms with Gasteiger partial charge in [0.2, 0.25) is 0 Å². The molecule has 1 saturated heterocycles. The van der Waals surface area contributed by atoms with Crippen LogP contribution in [0.25, 0.3) is 28.1 Å². The number of fused-ring (bicyclic) bond motifs is 2. The van der Waals surface area contributed by atoms with Crippen LogP contribution in [0.5, 0.6) is 5.75 Å². The second-order valence-corrected chi connectivity index (χ2v) is 9.40. The zero-order valence-electron chi connectivity index (χ0n) is 19.8. The minimum atomic E-state index is -4.45. The first-order chi connectivity index (χ1) is 16.6. The van der Waals surface area contributed by atoms with Gasteiger partial charge in [-0.1, -0.05) is 12.1 Å². The van der Waals surface area contributed by atoms with E-state index in [1.165, 1.54) is 17.2 Å². The van der Waals surface area contributed by atoms with Crippen LogP contribution in [0, 0.1) is 6.92 Å². The molecule has 4 heterocycles. The minimum absolute atomic E-state index is 0.0417. The van der Waals surface area contributed by atoms with Crippen molar-refractivity contribution >= 4 is 16.6 Å². The molecule has 1 aromatic carbocycles. The van der Waals surface area contributed by atoms with Gasteiger partial charge in [0.05, 0.1) is 6.10 Å². The largest absolute Gasteiger partial charge is 0.489 e. The number of halogens is 3. The molecule has 2 N–H and O–H groups in total. The highest BCUT2D eigenvalue weighted by molar-refractivity contribution is 5.87. The molecule has 184 valence electrons. The zero-order chi connectivity index (χ0) is 24.9. The van der Waals surface area contributed by atoms with E-state index in [0.717, 1.165) is 10.9 Å². The Bertz CT molecular complexity index is 1380. The quantitative estimate of drug-likeness (QED) is 0.443. The summed E-state index contributed by atoms with van der Waals surface area (Å²) < 4.78 is 50.0. The molecule has 0 bridgehead atoms. The normalized spacial score (nSPS) is 18.1. The molecule has 35 heavy (non-hydrogen) atoms. The summed E-state index contributed by atoms with van der Waals surface area (Å²) in [6.07, 6.45) is -2.50. The first-order valence-electron chi connectivity index (χ1n) is 11.6. The van der Waals surface area contributed by atoms with E-state index < -0.39 is 12.2 Å².